The Labute approximate surface area is 131 Å². The van der Waals surface area contributed by atoms with Crippen molar-refractivity contribution < 1.29 is 4.74 Å². The standard InChI is InChI=1S/C18H24N2O2/c1-6-20-13(4)9-12(3)16(18(20)21)17(19)14-7-8-15(22-5)11(2)10-14/h7-10,17H,6,19H2,1-5H3. The van der Waals surface area contributed by atoms with Crippen molar-refractivity contribution in [1.29, 1.82) is 0 Å². The maximum atomic E-state index is 12.7. The molecule has 1 unspecified atom stereocenters. The largest absolute Gasteiger partial charge is 0.496 e. The quantitative estimate of drug-likeness (QED) is 0.944. The lowest BCUT2D eigenvalue weighted by Crippen LogP contribution is -2.31. The summed E-state index contributed by atoms with van der Waals surface area (Å²) in [4.78, 5) is 12.7. The highest BCUT2D eigenvalue weighted by Gasteiger charge is 2.18. The second kappa shape index (κ2) is 6.36. The Morgan fingerprint density at radius 3 is 2.41 bits per heavy atom. The lowest BCUT2D eigenvalue weighted by molar-refractivity contribution is 0.411. The lowest BCUT2D eigenvalue weighted by Gasteiger charge is -2.19. The molecular formula is C18H24N2O2. The van der Waals surface area contributed by atoms with Crippen LogP contribution in [0.25, 0.3) is 0 Å². The van der Waals surface area contributed by atoms with Gasteiger partial charge in [0, 0.05) is 17.8 Å². The van der Waals surface area contributed by atoms with Crippen LogP contribution in [0.4, 0.5) is 0 Å². The zero-order valence-electron chi connectivity index (χ0n) is 13.9. The number of nitrogens with zero attached hydrogens (tertiary/aromatic N) is 1. The van der Waals surface area contributed by atoms with E-state index in [4.69, 9.17) is 10.5 Å². The molecule has 2 rings (SSSR count). The molecule has 0 aliphatic rings. The molecule has 1 aromatic carbocycles. The van der Waals surface area contributed by atoms with Gasteiger partial charge in [0.25, 0.3) is 5.56 Å². The van der Waals surface area contributed by atoms with Gasteiger partial charge in [-0.1, -0.05) is 12.1 Å². The number of ether oxygens (including phenoxy) is 1. The molecule has 0 bridgehead atoms. The average molecular weight is 300 g/mol. The van der Waals surface area contributed by atoms with Crippen molar-refractivity contribution in [2.45, 2.75) is 40.3 Å². The van der Waals surface area contributed by atoms with Crippen molar-refractivity contribution >= 4 is 0 Å². The van der Waals surface area contributed by atoms with E-state index in [-0.39, 0.29) is 5.56 Å². The Kier molecular flexibility index (Phi) is 4.71. The van der Waals surface area contributed by atoms with E-state index in [1.54, 1.807) is 11.7 Å². The van der Waals surface area contributed by atoms with E-state index in [1.807, 2.05) is 52.0 Å². The van der Waals surface area contributed by atoms with Crippen molar-refractivity contribution in [3.05, 3.63) is 62.6 Å². The Morgan fingerprint density at radius 2 is 1.86 bits per heavy atom. The van der Waals surface area contributed by atoms with Gasteiger partial charge in [-0.25, -0.2) is 0 Å². The van der Waals surface area contributed by atoms with Gasteiger partial charge in [-0.2, -0.15) is 0 Å². The first-order valence-corrected chi connectivity index (χ1v) is 7.51. The summed E-state index contributed by atoms with van der Waals surface area (Å²) in [6.45, 7) is 8.48. The molecule has 118 valence electrons. The molecule has 0 saturated carbocycles. The van der Waals surface area contributed by atoms with Crippen LogP contribution >= 0.6 is 0 Å². The summed E-state index contributed by atoms with van der Waals surface area (Å²) in [5.74, 6) is 0.822. The van der Waals surface area contributed by atoms with E-state index in [1.165, 1.54) is 0 Å². The summed E-state index contributed by atoms with van der Waals surface area (Å²) < 4.78 is 7.04. The van der Waals surface area contributed by atoms with Gasteiger partial charge < -0.3 is 15.0 Å². The van der Waals surface area contributed by atoms with Crippen LogP contribution in [0.3, 0.4) is 0 Å². The fraction of sp³-hybridized carbons (Fsp3) is 0.389. The molecule has 0 fully saturated rings. The van der Waals surface area contributed by atoms with Crippen LogP contribution in [-0.4, -0.2) is 11.7 Å². The highest BCUT2D eigenvalue weighted by atomic mass is 16.5. The van der Waals surface area contributed by atoms with E-state index in [9.17, 15) is 4.79 Å². The minimum atomic E-state index is -0.435. The maximum Gasteiger partial charge on any atom is 0.256 e. The second-order valence-electron chi connectivity index (χ2n) is 5.64. The Morgan fingerprint density at radius 1 is 1.18 bits per heavy atom. The molecular weight excluding hydrogens is 276 g/mol. The molecule has 1 heterocycles. The van der Waals surface area contributed by atoms with E-state index in [2.05, 4.69) is 0 Å². The van der Waals surface area contributed by atoms with Crippen molar-refractivity contribution in [3.63, 3.8) is 0 Å². The normalized spacial score (nSPS) is 12.3. The van der Waals surface area contributed by atoms with Gasteiger partial charge in [-0.15, -0.1) is 0 Å². The molecule has 2 N–H and O–H groups in total. The first kappa shape index (κ1) is 16.3. The number of aromatic nitrogens is 1. The van der Waals surface area contributed by atoms with E-state index in [0.29, 0.717) is 12.1 Å². The summed E-state index contributed by atoms with van der Waals surface area (Å²) in [5.41, 5.74) is 10.9. The van der Waals surface area contributed by atoms with Crippen LogP contribution in [0, 0.1) is 20.8 Å². The lowest BCUT2D eigenvalue weighted by atomic mass is 9.95. The van der Waals surface area contributed by atoms with Crippen LogP contribution in [-0.2, 0) is 6.54 Å². The van der Waals surface area contributed by atoms with Crippen LogP contribution in [0.5, 0.6) is 5.75 Å². The molecule has 4 nitrogen and oxygen atoms in total. The number of methoxy groups -OCH3 is 1. The zero-order chi connectivity index (χ0) is 16.4. The van der Waals surface area contributed by atoms with Gasteiger partial charge in [-0.3, -0.25) is 4.79 Å². The highest BCUT2D eigenvalue weighted by molar-refractivity contribution is 5.42. The highest BCUT2D eigenvalue weighted by Crippen LogP contribution is 2.25. The molecule has 0 spiro atoms. The minimum Gasteiger partial charge on any atom is -0.496 e. The number of pyridine rings is 1. The molecule has 0 amide bonds. The fourth-order valence-electron chi connectivity index (χ4n) is 2.98. The molecule has 0 saturated heterocycles. The third-order valence-electron chi connectivity index (χ3n) is 4.16. The second-order valence-corrected chi connectivity index (χ2v) is 5.64. The SMILES string of the molecule is CCn1c(C)cc(C)c(C(N)c2ccc(OC)c(C)c2)c1=O. The van der Waals surface area contributed by atoms with Gasteiger partial charge in [-0.05, 0) is 56.5 Å². The maximum absolute atomic E-state index is 12.7. The minimum absolute atomic E-state index is 0.000899. The fourth-order valence-corrected chi connectivity index (χ4v) is 2.98. The summed E-state index contributed by atoms with van der Waals surface area (Å²) in [7, 11) is 1.64. The van der Waals surface area contributed by atoms with Crippen LogP contribution in [0.15, 0.2) is 29.1 Å². The first-order chi connectivity index (χ1) is 10.4. The van der Waals surface area contributed by atoms with Gasteiger partial charge in [0.2, 0.25) is 0 Å². The van der Waals surface area contributed by atoms with Crippen LogP contribution in [0.2, 0.25) is 0 Å². The van der Waals surface area contributed by atoms with Gasteiger partial charge in [0.05, 0.1) is 13.2 Å². The Hall–Kier alpha value is -2.07. The monoisotopic (exact) mass is 300 g/mol. The van der Waals surface area contributed by atoms with Crippen molar-refractivity contribution in [3.8, 4) is 5.75 Å². The van der Waals surface area contributed by atoms with Crippen molar-refractivity contribution in [1.82, 2.24) is 4.57 Å². The Bertz CT molecular complexity index is 747. The molecule has 1 atom stereocenters. The summed E-state index contributed by atoms with van der Waals surface area (Å²) in [6, 6.07) is 7.39. The Balaban J connectivity index is 2.57. The molecule has 0 radical (unpaired) electrons. The summed E-state index contributed by atoms with van der Waals surface area (Å²) >= 11 is 0. The number of nitrogens with two attached hydrogens (primary N) is 1. The van der Waals surface area contributed by atoms with E-state index in [0.717, 1.165) is 28.1 Å². The summed E-state index contributed by atoms with van der Waals surface area (Å²) in [6.07, 6.45) is 0. The molecule has 4 heteroatoms. The van der Waals surface area contributed by atoms with E-state index >= 15 is 0 Å². The molecule has 0 aliphatic carbocycles. The average Bonchev–Trinajstić information content (AvgIpc) is 2.46. The first-order valence-electron chi connectivity index (χ1n) is 7.51. The third kappa shape index (κ3) is 2.79. The molecule has 2 aromatic rings. The van der Waals surface area contributed by atoms with Crippen LogP contribution in [0.1, 0.15) is 40.9 Å². The number of aryl methyl sites for hydroxylation is 3. The predicted octanol–water partition coefficient (Wildman–Crippen LogP) is 2.85. The smallest absolute Gasteiger partial charge is 0.256 e. The molecule has 0 aliphatic heterocycles. The van der Waals surface area contributed by atoms with Gasteiger partial charge >= 0.3 is 0 Å². The van der Waals surface area contributed by atoms with Crippen LogP contribution < -0.4 is 16.0 Å². The summed E-state index contributed by atoms with van der Waals surface area (Å²) in [5, 5.41) is 0. The van der Waals surface area contributed by atoms with Crippen molar-refractivity contribution in [2.24, 2.45) is 5.73 Å². The topological polar surface area (TPSA) is 57.2 Å². The molecule has 1 aromatic heterocycles. The number of hydrogen-bond donors (Lipinski definition) is 1. The van der Waals surface area contributed by atoms with E-state index < -0.39 is 6.04 Å². The van der Waals surface area contributed by atoms with Gasteiger partial charge in [0.15, 0.2) is 0 Å². The predicted molar refractivity (Wildman–Crippen MR) is 89.6 cm³/mol. The zero-order valence-corrected chi connectivity index (χ0v) is 13.9. The number of benzene rings is 1. The molecule has 22 heavy (non-hydrogen) atoms. The van der Waals surface area contributed by atoms with Crippen molar-refractivity contribution in [2.75, 3.05) is 7.11 Å². The number of rotatable bonds is 4. The van der Waals surface area contributed by atoms with Gasteiger partial charge in [0.1, 0.15) is 5.75 Å². The third-order valence-corrected chi connectivity index (χ3v) is 4.16. The number of hydrogen-bond acceptors (Lipinski definition) is 3.